The number of aliphatic imine (C=N–C) groups is 1. The van der Waals surface area contributed by atoms with Crippen LogP contribution in [0.2, 0.25) is 0 Å². The molecule has 0 bridgehead atoms. The van der Waals surface area contributed by atoms with Crippen LogP contribution in [0.3, 0.4) is 0 Å². The topological polar surface area (TPSA) is 34.2 Å². The smallest absolute Gasteiger partial charge is 0.148 e. The lowest BCUT2D eigenvalue weighted by Crippen LogP contribution is -2.30. The zero-order valence-corrected chi connectivity index (χ0v) is 28.1. The van der Waals surface area contributed by atoms with Crippen LogP contribution in [0.15, 0.2) is 175 Å². The third kappa shape index (κ3) is 3.68. The molecule has 4 heteroatoms. The van der Waals surface area contributed by atoms with Gasteiger partial charge >= 0.3 is 0 Å². The highest BCUT2D eigenvalue weighted by Gasteiger charge is 2.31. The molecule has 0 saturated carbocycles. The number of nitrogens with one attached hydrogen (secondary N) is 1. The van der Waals surface area contributed by atoms with Crippen LogP contribution in [0.25, 0.3) is 82.3 Å². The molecule has 4 heterocycles. The Morgan fingerprint density at radius 1 is 0.481 bits per heavy atom. The first-order valence-corrected chi connectivity index (χ1v) is 17.9. The summed E-state index contributed by atoms with van der Waals surface area (Å²) >= 11 is 0. The fraction of sp³-hybridized carbons (Fsp3) is 0.0208. The summed E-state index contributed by atoms with van der Waals surface area (Å²) in [6, 6.07) is 61.8. The molecule has 10 aromatic rings. The second-order valence-corrected chi connectivity index (χ2v) is 14.0. The molecular weight excluding hydrogens is 633 g/mol. The van der Waals surface area contributed by atoms with Crippen molar-refractivity contribution < 1.29 is 0 Å². The summed E-state index contributed by atoms with van der Waals surface area (Å²) in [5.74, 6) is 0. The van der Waals surface area contributed by atoms with E-state index >= 15 is 0 Å². The lowest BCUT2D eigenvalue weighted by molar-refractivity contribution is 0.759. The minimum absolute atomic E-state index is 0.251. The van der Waals surface area contributed by atoms with E-state index in [0.717, 1.165) is 22.6 Å². The maximum Gasteiger partial charge on any atom is 0.148 e. The molecule has 0 spiro atoms. The Morgan fingerprint density at radius 2 is 1.21 bits per heavy atom. The summed E-state index contributed by atoms with van der Waals surface area (Å²) in [6.45, 7) is 0. The van der Waals surface area contributed by atoms with Gasteiger partial charge in [-0.15, -0.1) is 0 Å². The van der Waals surface area contributed by atoms with Gasteiger partial charge in [-0.25, -0.2) is 4.99 Å². The Labute approximate surface area is 299 Å². The minimum atomic E-state index is -0.251. The Morgan fingerprint density at radius 3 is 2.15 bits per heavy atom. The highest BCUT2D eigenvalue weighted by molar-refractivity contribution is 6.25. The molecule has 2 aromatic heterocycles. The van der Waals surface area contributed by atoms with Crippen LogP contribution < -0.4 is 5.32 Å². The van der Waals surface area contributed by atoms with Gasteiger partial charge in [-0.05, 0) is 64.4 Å². The largest absolute Gasteiger partial charge is 0.358 e. The van der Waals surface area contributed by atoms with Gasteiger partial charge in [0.2, 0.25) is 0 Å². The van der Waals surface area contributed by atoms with E-state index in [0.29, 0.717) is 0 Å². The number of anilines is 1. The molecule has 2 aliphatic heterocycles. The summed E-state index contributed by atoms with van der Waals surface area (Å²) in [7, 11) is 0. The molecule has 12 rings (SSSR count). The van der Waals surface area contributed by atoms with Crippen LogP contribution in [-0.4, -0.2) is 14.8 Å². The normalized spacial score (nSPS) is 14.6. The molecule has 1 unspecified atom stereocenters. The van der Waals surface area contributed by atoms with E-state index in [1.54, 1.807) is 0 Å². The van der Waals surface area contributed by atoms with E-state index < -0.39 is 0 Å². The van der Waals surface area contributed by atoms with Crippen molar-refractivity contribution in [2.24, 2.45) is 4.99 Å². The lowest BCUT2D eigenvalue weighted by Gasteiger charge is -2.30. The number of fused-ring (bicyclic) bond motifs is 14. The van der Waals surface area contributed by atoms with Gasteiger partial charge < -0.3 is 14.5 Å². The first kappa shape index (κ1) is 27.9. The van der Waals surface area contributed by atoms with Crippen molar-refractivity contribution in [1.29, 1.82) is 0 Å². The molecule has 4 nitrogen and oxygen atoms in total. The maximum absolute atomic E-state index is 5.37. The predicted octanol–water partition coefficient (Wildman–Crippen LogP) is 12.4. The van der Waals surface area contributed by atoms with Crippen LogP contribution >= 0.6 is 0 Å². The van der Waals surface area contributed by atoms with Gasteiger partial charge in [0.05, 0.1) is 44.8 Å². The first-order valence-electron chi connectivity index (χ1n) is 17.9. The van der Waals surface area contributed by atoms with E-state index in [2.05, 4.69) is 184 Å². The highest BCUT2D eigenvalue weighted by atomic mass is 15.2. The molecule has 2 aliphatic rings. The van der Waals surface area contributed by atoms with Crippen molar-refractivity contribution >= 4 is 71.5 Å². The van der Waals surface area contributed by atoms with Crippen molar-refractivity contribution in [3.63, 3.8) is 0 Å². The van der Waals surface area contributed by atoms with E-state index in [1.165, 1.54) is 82.3 Å². The summed E-state index contributed by atoms with van der Waals surface area (Å²) in [6.07, 6.45) is -0.251. The van der Waals surface area contributed by atoms with Crippen LogP contribution in [-0.2, 0) is 0 Å². The number of para-hydroxylation sites is 5. The summed E-state index contributed by atoms with van der Waals surface area (Å²) in [5, 5.41) is 11.5. The van der Waals surface area contributed by atoms with Crippen molar-refractivity contribution in [3.8, 4) is 27.9 Å². The number of nitrogens with zero attached hydrogens (tertiary/aromatic N) is 3. The zero-order valence-electron chi connectivity index (χ0n) is 28.1. The van der Waals surface area contributed by atoms with E-state index in [1.807, 2.05) is 0 Å². The van der Waals surface area contributed by atoms with Crippen LogP contribution in [0.4, 0.5) is 11.4 Å². The van der Waals surface area contributed by atoms with Crippen molar-refractivity contribution in [2.45, 2.75) is 6.17 Å². The molecule has 0 radical (unpaired) electrons. The minimum Gasteiger partial charge on any atom is -0.358 e. The molecule has 1 atom stereocenters. The molecule has 52 heavy (non-hydrogen) atoms. The highest BCUT2D eigenvalue weighted by Crippen LogP contribution is 2.50. The molecule has 0 aliphatic carbocycles. The monoisotopic (exact) mass is 662 g/mol. The van der Waals surface area contributed by atoms with E-state index in [4.69, 9.17) is 4.99 Å². The number of hydrogen-bond acceptors (Lipinski definition) is 2. The van der Waals surface area contributed by atoms with Crippen molar-refractivity contribution in [1.82, 2.24) is 9.13 Å². The standard InChI is InChI=1S/C48H30N4/c1-2-14-30(15-3-1)46-48(50-40-22-9-8-21-39(40)49-46)52-43-26-25-29-13-4-5-16-31(29)45(43)38-27-36-35-20-12-19-34-32-17-6-10-23-41(32)51(47(34)35)42-24-11-7-18-33(42)37(36)28-44(38)52/h1-28,48,50H. The van der Waals surface area contributed by atoms with Crippen molar-refractivity contribution in [2.75, 3.05) is 5.32 Å². The molecule has 0 fully saturated rings. The number of hydrogen-bond donors (Lipinski definition) is 1. The Kier molecular flexibility index (Phi) is 5.53. The summed E-state index contributed by atoms with van der Waals surface area (Å²) in [4.78, 5) is 5.37. The van der Waals surface area contributed by atoms with Gasteiger partial charge in [-0.2, -0.15) is 0 Å². The van der Waals surface area contributed by atoms with Gasteiger partial charge in [-0.1, -0.05) is 127 Å². The fourth-order valence-electron chi connectivity index (χ4n) is 9.09. The summed E-state index contributed by atoms with van der Waals surface area (Å²) in [5.41, 5.74) is 15.0. The Bertz CT molecular complexity index is 3160. The third-order valence-electron chi connectivity index (χ3n) is 11.3. The third-order valence-corrected chi connectivity index (χ3v) is 11.3. The quantitative estimate of drug-likeness (QED) is 0.196. The van der Waals surface area contributed by atoms with Gasteiger partial charge in [0, 0.05) is 38.2 Å². The van der Waals surface area contributed by atoms with Crippen molar-refractivity contribution in [3.05, 3.63) is 175 Å². The molecule has 1 N–H and O–H groups in total. The number of aromatic nitrogens is 2. The maximum atomic E-state index is 5.37. The van der Waals surface area contributed by atoms with Crippen LogP contribution in [0.1, 0.15) is 11.7 Å². The van der Waals surface area contributed by atoms with E-state index in [9.17, 15) is 0 Å². The van der Waals surface area contributed by atoms with Crippen LogP contribution in [0, 0.1) is 0 Å². The molecule has 242 valence electrons. The SMILES string of the molecule is c1ccc(C2=Nc3ccccc3NC2n2c3cc4c(cc3c3c5ccccc5ccc32)-c2cccc3c5ccccc5n(c23)-c2ccccc2-4)cc1. The van der Waals surface area contributed by atoms with Gasteiger partial charge in [0.25, 0.3) is 0 Å². The predicted molar refractivity (Wildman–Crippen MR) is 217 cm³/mol. The van der Waals surface area contributed by atoms with Gasteiger partial charge in [0.1, 0.15) is 6.17 Å². The molecular formula is C48H30N4. The second kappa shape index (κ2) is 10.3. The Balaban J connectivity index is 1.25. The van der Waals surface area contributed by atoms with Crippen LogP contribution in [0.5, 0.6) is 0 Å². The summed E-state index contributed by atoms with van der Waals surface area (Å²) < 4.78 is 4.99. The fourth-order valence-corrected chi connectivity index (χ4v) is 9.09. The zero-order chi connectivity index (χ0) is 33.9. The molecule has 8 aromatic carbocycles. The molecule has 0 amide bonds. The first-order chi connectivity index (χ1) is 25.8. The van der Waals surface area contributed by atoms with Gasteiger partial charge in [-0.3, -0.25) is 0 Å². The second-order valence-electron chi connectivity index (χ2n) is 14.0. The number of benzene rings is 8. The average Bonchev–Trinajstić information content (AvgIpc) is 3.69. The van der Waals surface area contributed by atoms with Gasteiger partial charge in [0.15, 0.2) is 0 Å². The van der Waals surface area contributed by atoms with E-state index in [-0.39, 0.29) is 6.17 Å². The lowest BCUT2D eigenvalue weighted by atomic mass is 9.91. The average molecular weight is 663 g/mol. The molecule has 0 saturated heterocycles. The Hall–Kier alpha value is -6.91. The number of rotatable bonds is 2.